The molecule has 0 aliphatic heterocycles. The van der Waals surface area contributed by atoms with Gasteiger partial charge in [-0.2, -0.15) is 0 Å². The van der Waals surface area contributed by atoms with E-state index in [1.54, 1.807) is 0 Å². The number of nitrogens with zero attached hydrogens (tertiary/aromatic N) is 2. The molecule has 3 N–H and O–H groups in total. The Morgan fingerprint density at radius 1 is 1.30 bits per heavy atom. The zero-order chi connectivity index (χ0) is 16.8. The van der Waals surface area contributed by atoms with Gasteiger partial charge in [0.2, 0.25) is 5.91 Å². The average Bonchev–Trinajstić information content (AvgIpc) is 2.85. The van der Waals surface area contributed by atoms with Crippen LogP contribution in [0.3, 0.4) is 0 Å². The number of aryl methyl sites for hydroxylation is 1. The first-order chi connectivity index (χ1) is 10.8. The maximum Gasteiger partial charge on any atom is 0.228 e. The number of carbonyl (C=O) groups is 1. The second-order valence-electron chi connectivity index (χ2n) is 7.04. The van der Waals surface area contributed by atoms with Crippen LogP contribution in [0.2, 0.25) is 0 Å². The molecule has 5 nitrogen and oxygen atoms in total. The molecule has 2 aromatic rings. The van der Waals surface area contributed by atoms with Gasteiger partial charge in [0.25, 0.3) is 0 Å². The van der Waals surface area contributed by atoms with Crippen LogP contribution in [-0.2, 0) is 4.79 Å². The smallest absolute Gasteiger partial charge is 0.228 e. The van der Waals surface area contributed by atoms with Crippen LogP contribution in [0.15, 0.2) is 30.6 Å². The van der Waals surface area contributed by atoms with Gasteiger partial charge < -0.3 is 15.6 Å². The lowest BCUT2D eigenvalue weighted by molar-refractivity contribution is -0.130. The molecule has 1 aromatic carbocycles. The highest BCUT2D eigenvalue weighted by atomic mass is 16.2. The molecule has 0 bridgehead atoms. The lowest BCUT2D eigenvalue weighted by Crippen LogP contribution is -2.58. The zero-order valence-electron chi connectivity index (χ0n) is 14.1. The highest BCUT2D eigenvalue weighted by Crippen LogP contribution is 2.45. The van der Waals surface area contributed by atoms with Crippen molar-refractivity contribution in [1.82, 2.24) is 9.55 Å². The first-order valence-corrected chi connectivity index (χ1v) is 7.98. The molecule has 0 spiro atoms. The second kappa shape index (κ2) is 5.49. The van der Waals surface area contributed by atoms with Gasteiger partial charge in [-0.3, -0.25) is 4.79 Å². The standard InChI is InChI=1S/C18H24N4O/c1-11-12(2)22(10-20-11)14-7-5-13(6-8-14)21-17(23)15-9-16(19)18(15,3)4/h5-8,10,15-16H,9,19H2,1-4H3,(H,21,23). The summed E-state index contributed by atoms with van der Waals surface area (Å²) >= 11 is 0. The minimum absolute atomic E-state index is 0.0179. The lowest BCUT2D eigenvalue weighted by Gasteiger charge is -2.49. The number of hydrogen-bond acceptors (Lipinski definition) is 3. The number of amides is 1. The van der Waals surface area contributed by atoms with Crippen LogP contribution >= 0.6 is 0 Å². The van der Waals surface area contributed by atoms with E-state index in [0.717, 1.165) is 29.2 Å². The van der Waals surface area contributed by atoms with E-state index < -0.39 is 0 Å². The molecule has 3 rings (SSSR count). The van der Waals surface area contributed by atoms with E-state index in [1.165, 1.54) is 0 Å². The molecule has 1 fully saturated rings. The lowest BCUT2D eigenvalue weighted by atomic mass is 9.58. The summed E-state index contributed by atoms with van der Waals surface area (Å²) in [6.07, 6.45) is 2.57. The third kappa shape index (κ3) is 2.65. The summed E-state index contributed by atoms with van der Waals surface area (Å²) in [5, 5.41) is 3.00. The van der Waals surface area contributed by atoms with E-state index >= 15 is 0 Å². The van der Waals surface area contributed by atoms with Crippen molar-refractivity contribution < 1.29 is 4.79 Å². The first kappa shape index (κ1) is 15.7. The van der Waals surface area contributed by atoms with Gasteiger partial charge in [0.15, 0.2) is 0 Å². The summed E-state index contributed by atoms with van der Waals surface area (Å²) in [7, 11) is 0. The quantitative estimate of drug-likeness (QED) is 0.915. The van der Waals surface area contributed by atoms with Gasteiger partial charge in [-0.15, -0.1) is 0 Å². The van der Waals surface area contributed by atoms with Gasteiger partial charge >= 0.3 is 0 Å². The van der Waals surface area contributed by atoms with Crippen molar-refractivity contribution in [3.05, 3.63) is 42.0 Å². The van der Waals surface area contributed by atoms with Crippen LogP contribution in [0.1, 0.15) is 31.7 Å². The molecule has 122 valence electrons. The van der Waals surface area contributed by atoms with Crippen LogP contribution in [0, 0.1) is 25.2 Å². The monoisotopic (exact) mass is 312 g/mol. The van der Waals surface area contributed by atoms with Crippen molar-refractivity contribution in [1.29, 1.82) is 0 Å². The molecule has 1 aromatic heterocycles. The van der Waals surface area contributed by atoms with Crippen molar-refractivity contribution in [2.45, 2.75) is 40.2 Å². The average molecular weight is 312 g/mol. The van der Waals surface area contributed by atoms with E-state index in [2.05, 4.69) is 24.1 Å². The fourth-order valence-electron chi connectivity index (χ4n) is 3.10. The summed E-state index contributed by atoms with van der Waals surface area (Å²) in [5.74, 6) is 0.0369. The third-order valence-electron chi connectivity index (χ3n) is 5.32. The SMILES string of the molecule is Cc1ncn(-c2ccc(NC(=O)C3CC(N)C3(C)C)cc2)c1C. The van der Waals surface area contributed by atoms with Crippen LogP contribution in [0.4, 0.5) is 5.69 Å². The highest BCUT2D eigenvalue weighted by Gasteiger charge is 2.49. The predicted octanol–water partition coefficient (Wildman–Crippen LogP) is 2.80. The van der Waals surface area contributed by atoms with Crippen molar-refractivity contribution in [2.75, 3.05) is 5.32 Å². The Balaban J connectivity index is 1.71. The summed E-state index contributed by atoms with van der Waals surface area (Å²) in [6, 6.07) is 7.93. The van der Waals surface area contributed by atoms with Gasteiger partial charge in [0.1, 0.15) is 0 Å². The number of nitrogens with two attached hydrogens (primary N) is 1. The van der Waals surface area contributed by atoms with E-state index in [-0.39, 0.29) is 23.3 Å². The number of rotatable bonds is 3. The van der Waals surface area contributed by atoms with Crippen molar-refractivity contribution in [3.63, 3.8) is 0 Å². The van der Waals surface area contributed by atoms with Crippen molar-refractivity contribution >= 4 is 11.6 Å². The van der Waals surface area contributed by atoms with Gasteiger partial charge in [0.05, 0.1) is 12.0 Å². The van der Waals surface area contributed by atoms with Crippen molar-refractivity contribution in [2.24, 2.45) is 17.1 Å². The normalized spacial score (nSPS) is 22.5. The highest BCUT2D eigenvalue weighted by molar-refractivity contribution is 5.94. The Morgan fingerprint density at radius 3 is 2.43 bits per heavy atom. The maximum absolute atomic E-state index is 12.4. The molecule has 2 atom stereocenters. The minimum atomic E-state index is -0.129. The van der Waals surface area contributed by atoms with Gasteiger partial charge in [0, 0.05) is 29.0 Å². The number of hydrogen-bond donors (Lipinski definition) is 2. The second-order valence-corrected chi connectivity index (χ2v) is 7.04. The number of aromatic nitrogens is 2. The number of benzene rings is 1. The molecule has 1 aliphatic carbocycles. The van der Waals surface area contributed by atoms with E-state index in [4.69, 9.17) is 5.73 Å². The number of carbonyl (C=O) groups excluding carboxylic acids is 1. The summed E-state index contributed by atoms with van der Waals surface area (Å²) in [4.78, 5) is 16.7. The zero-order valence-corrected chi connectivity index (χ0v) is 14.1. The molecule has 0 radical (unpaired) electrons. The van der Waals surface area contributed by atoms with Crippen molar-refractivity contribution in [3.8, 4) is 5.69 Å². The van der Waals surface area contributed by atoms with E-state index in [0.29, 0.717) is 0 Å². The molecule has 0 saturated heterocycles. The van der Waals surface area contributed by atoms with Crippen LogP contribution in [0.5, 0.6) is 0 Å². The molecule has 1 amide bonds. The third-order valence-corrected chi connectivity index (χ3v) is 5.32. The largest absolute Gasteiger partial charge is 0.327 e. The molecule has 1 saturated carbocycles. The first-order valence-electron chi connectivity index (χ1n) is 7.98. The molecule has 5 heteroatoms. The number of imidazole rings is 1. The van der Waals surface area contributed by atoms with Crippen LogP contribution in [0.25, 0.3) is 5.69 Å². The molecular formula is C18H24N4O. The van der Waals surface area contributed by atoms with Gasteiger partial charge in [-0.1, -0.05) is 13.8 Å². The Bertz CT molecular complexity index is 730. The Labute approximate surface area is 136 Å². The predicted molar refractivity (Wildman–Crippen MR) is 91.5 cm³/mol. The minimum Gasteiger partial charge on any atom is -0.327 e. The molecule has 2 unspecified atom stereocenters. The summed E-state index contributed by atoms with van der Waals surface area (Å²) in [5.41, 5.74) is 9.84. The molecule has 1 heterocycles. The molecule has 1 aliphatic rings. The summed E-state index contributed by atoms with van der Waals surface area (Å²) in [6.45, 7) is 8.14. The van der Waals surface area contributed by atoms with Gasteiger partial charge in [-0.05, 0) is 49.9 Å². The fraction of sp³-hybridized carbons (Fsp3) is 0.444. The molecule has 23 heavy (non-hydrogen) atoms. The van der Waals surface area contributed by atoms with Gasteiger partial charge in [-0.25, -0.2) is 4.98 Å². The molecular weight excluding hydrogens is 288 g/mol. The Kier molecular flexibility index (Phi) is 3.76. The van der Waals surface area contributed by atoms with Crippen LogP contribution in [-0.4, -0.2) is 21.5 Å². The summed E-state index contributed by atoms with van der Waals surface area (Å²) < 4.78 is 2.04. The number of nitrogens with one attached hydrogen (secondary N) is 1. The van der Waals surface area contributed by atoms with Crippen LogP contribution < -0.4 is 11.1 Å². The number of anilines is 1. The van der Waals surface area contributed by atoms with E-state index in [1.807, 2.05) is 49.0 Å². The Morgan fingerprint density at radius 2 is 1.96 bits per heavy atom. The topological polar surface area (TPSA) is 72.9 Å². The Hall–Kier alpha value is -2.14. The maximum atomic E-state index is 12.4. The fourth-order valence-corrected chi connectivity index (χ4v) is 3.10. The van der Waals surface area contributed by atoms with E-state index in [9.17, 15) is 4.79 Å².